The fraction of sp³-hybridized carbons (Fsp3) is 0.294. The third kappa shape index (κ3) is 5.16. The van der Waals surface area contributed by atoms with E-state index in [1.165, 1.54) is 5.56 Å². The van der Waals surface area contributed by atoms with Crippen LogP contribution >= 0.6 is 17.0 Å². The second kappa shape index (κ2) is 8.82. The molecule has 0 heterocycles. The minimum atomic E-state index is -0.0179. The smallest absolute Gasteiger partial charge is 0.118 e. The molecular weight excluding hydrogens is 330 g/mol. The molecule has 2 aromatic carbocycles. The van der Waals surface area contributed by atoms with Crippen LogP contribution in [-0.4, -0.2) is 22.9 Å². The summed E-state index contributed by atoms with van der Waals surface area (Å²) in [5.74, 6) is 0.308. The number of hydrogen-bond acceptors (Lipinski definition) is 3. The first kappa shape index (κ1) is 17.7. The SMILES string of the molecule is Br.Cc1c(O)cccc1CC(CO)NCc1ccccc1. The largest absolute Gasteiger partial charge is 0.508 e. The van der Waals surface area contributed by atoms with Crippen LogP contribution in [0, 0.1) is 6.92 Å². The second-order valence-corrected chi connectivity index (χ2v) is 5.01. The maximum absolute atomic E-state index is 9.71. The predicted molar refractivity (Wildman–Crippen MR) is 91.0 cm³/mol. The summed E-state index contributed by atoms with van der Waals surface area (Å²) in [6.45, 7) is 2.70. The van der Waals surface area contributed by atoms with Gasteiger partial charge in [-0.3, -0.25) is 0 Å². The van der Waals surface area contributed by atoms with Gasteiger partial charge in [-0.25, -0.2) is 0 Å². The van der Waals surface area contributed by atoms with Crippen molar-refractivity contribution in [2.45, 2.75) is 25.9 Å². The summed E-state index contributed by atoms with van der Waals surface area (Å²) in [4.78, 5) is 0. The average molecular weight is 352 g/mol. The number of benzene rings is 2. The van der Waals surface area contributed by atoms with Crippen LogP contribution in [0.25, 0.3) is 0 Å². The molecule has 0 fully saturated rings. The summed E-state index contributed by atoms with van der Waals surface area (Å²) < 4.78 is 0. The number of aliphatic hydroxyl groups is 1. The number of aliphatic hydroxyl groups excluding tert-OH is 1. The Morgan fingerprint density at radius 3 is 2.43 bits per heavy atom. The van der Waals surface area contributed by atoms with E-state index in [-0.39, 0.29) is 29.6 Å². The topological polar surface area (TPSA) is 52.5 Å². The maximum atomic E-state index is 9.71. The Kier molecular flexibility index (Phi) is 7.43. The Hall–Kier alpha value is -1.36. The minimum absolute atomic E-state index is 0. The molecule has 3 nitrogen and oxygen atoms in total. The number of phenolic OH excluding ortho intramolecular Hbond substituents is 1. The van der Waals surface area contributed by atoms with Gasteiger partial charge in [0.1, 0.15) is 5.75 Å². The molecule has 1 atom stereocenters. The van der Waals surface area contributed by atoms with Crippen molar-refractivity contribution in [3.63, 3.8) is 0 Å². The van der Waals surface area contributed by atoms with Crippen LogP contribution in [-0.2, 0) is 13.0 Å². The van der Waals surface area contributed by atoms with Gasteiger partial charge in [0.2, 0.25) is 0 Å². The second-order valence-electron chi connectivity index (χ2n) is 5.01. The number of nitrogens with one attached hydrogen (secondary N) is 1. The molecule has 0 aromatic heterocycles. The Bertz CT molecular complexity index is 546. The van der Waals surface area contributed by atoms with Crippen molar-refractivity contribution in [1.29, 1.82) is 0 Å². The van der Waals surface area contributed by atoms with E-state index in [1.807, 2.05) is 37.3 Å². The van der Waals surface area contributed by atoms with Crippen molar-refractivity contribution < 1.29 is 10.2 Å². The number of halogens is 1. The molecule has 4 heteroatoms. The normalized spacial score (nSPS) is 11.7. The highest BCUT2D eigenvalue weighted by molar-refractivity contribution is 8.93. The third-order valence-electron chi connectivity index (χ3n) is 3.54. The van der Waals surface area contributed by atoms with Gasteiger partial charge in [0.05, 0.1) is 6.61 Å². The Balaban J connectivity index is 0.00000220. The fourth-order valence-electron chi connectivity index (χ4n) is 2.22. The molecule has 0 aliphatic rings. The number of rotatable bonds is 6. The molecule has 2 rings (SSSR count). The predicted octanol–water partition coefficient (Wildman–Crippen LogP) is 2.97. The van der Waals surface area contributed by atoms with E-state index in [1.54, 1.807) is 6.07 Å². The van der Waals surface area contributed by atoms with Gasteiger partial charge < -0.3 is 15.5 Å². The van der Waals surface area contributed by atoms with Crippen LogP contribution in [0.3, 0.4) is 0 Å². The molecule has 0 spiro atoms. The number of phenols is 1. The molecule has 0 aliphatic heterocycles. The van der Waals surface area contributed by atoms with Gasteiger partial charge in [-0.15, -0.1) is 17.0 Å². The van der Waals surface area contributed by atoms with E-state index in [4.69, 9.17) is 0 Å². The lowest BCUT2D eigenvalue weighted by Gasteiger charge is -2.18. The highest BCUT2D eigenvalue weighted by Crippen LogP contribution is 2.20. The van der Waals surface area contributed by atoms with Crippen molar-refractivity contribution in [2.75, 3.05) is 6.61 Å². The van der Waals surface area contributed by atoms with Crippen LogP contribution in [0.1, 0.15) is 16.7 Å². The lowest BCUT2D eigenvalue weighted by atomic mass is 10.0. The Labute approximate surface area is 136 Å². The lowest BCUT2D eigenvalue weighted by molar-refractivity contribution is 0.240. The van der Waals surface area contributed by atoms with Crippen molar-refractivity contribution in [2.24, 2.45) is 0 Å². The van der Waals surface area contributed by atoms with E-state index in [2.05, 4.69) is 17.4 Å². The molecule has 3 N–H and O–H groups in total. The van der Waals surface area contributed by atoms with Crippen molar-refractivity contribution in [3.05, 3.63) is 65.2 Å². The molecule has 2 aromatic rings. The molecule has 1 unspecified atom stereocenters. The van der Waals surface area contributed by atoms with Gasteiger partial charge >= 0.3 is 0 Å². The first-order valence-corrected chi connectivity index (χ1v) is 6.86. The van der Waals surface area contributed by atoms with Crippen LogP contribution < -0.4 is 5.32 Å². The summed E-state index contributed by atoms with van der Waals surface area (Å²) in [5.41, 5.74) is 3.13. The molecular formula is C17H22BrNO2. The highest BCUT2D eigenvalue weighted by atomic mass is 79.9. The van der Waals surface area contributed by atoms with Gasteiger partial charge in [-0.1, -0.05) is 42.5 Å². The zero-order valence-electron chi connectivity index (χ0n) is 12.1. The molecule has 0 saturated heterocycles. The van der Waals surface area contributed by atoms with Gasteiger partial charge in [-0.2, -0.15) is 0 Å². The van der Waals surface area contributed by atoms with Crippen LogP contribution in [0.4, 0.5) is 0 Å². The van der Waals surface area contributed by atoms with Gasteiger partial charge in [0.15, 0.2) is 0 Å². The van der Waals surface area contributed by atoms with E-state index in [9.17, 15) is 10.2 Å². The van der Waals surface area contributed by atoms with Crippen molar-refractivity contribution in [3.8, 4) is 5.75 Å². The van der Waals surface area contributed by atoms with Crippen LogP contribution in [0.2, 0.25) is 0 Å². The van der Waals surface area contributed by atoms with Gasteiger partial charge in [0, 0.05) is 12.6 Å². The summed E-state index contributed by atoms with van der Waals surface area (Å²) in [5, 5.41) is 22.6. The molecule has 0 radical (unpaired) electrons. The highest BCUT2D eigenvalue weighted by Gasteiger charge is 2.11. The molecule has 0 bridgehead atoms. The molecule has 0 saturated carbocycles. The average Bonchev–Trinajstić information content (AvgIpc) is 2.49. The molecule has 0 aliphatic carbocycles. The Morgan fingerprint density at radius 2 is 1.76 bits per heavy atom. The van der Waals surface area contributed by atoms with E-state index in [0.717, 1.165) is 17.7 Å². The molecule has 21 heavy (non-hydrogen) atoms. The third-order valence-corrected chi connectivity index (χ3v) is 3.54. The summed E-state index contributed by atoms with van der Waals surface area (Å²) >= 11 is 0. The van der Waals surface area contributed by atoms with Crippen molar-refractivity contribution >= 4 is 17.0 Å². The van der Waals surface area contributed by atoms with Gasteiger partial charge in [-0.05, 0) is 36.1 Å². The fourth-order valence-corrected chi connectivity index (χ4v) is 2.22. The maximum Gasteiger partial charge on any atom is 0.118 e. The first-order valence-electron chi connectivity index (χ1n) is 6.86. The van der Waals surface area contributed by atoms with Gasteiger partial charge in [0.25, 0.3) is 0 Å². The zero-order valence-corrected chi connectivity index (χ0v) is 13.8. The lowest BCUT2D eigenvalue weighted by Crippen LogP contribution is -2.34. The monoisotopic (exact) mass is 351 g/mol. The van der Waals surface area contributed by atoms with E-state index in [0.29, 0.717) is 12.2 Å². The van der Waals surface area contributed by atoms with E-state index < -0.39 is 0 Å². The quantitative estimate of drug-likeness (QED) is 0.749. The minimum Gasteiger partial charge on any atom is -0.508 e. The van der Waals surface area contributed by atoms with Crippen molar-refractivity contribution in [1.82, 2.24) is 5.32 Å². The molecule has 0 amide bonds. The summed E-state index contributed by atoms with van der Waals surface area (Å²) in [6, 6.07) is 15.6. The zero-order chi connectivity index (χ0) is 14.4. The standard InChI is InChI=1S/C17H21NO2.BrH/c1-13-15(8-5-9-17(13)20)10-16(12-19)18-11-14-6-3-2-4-7-14;/h2-9,16,18-20H,10-12H2,1H3;1H. The van der Waals surface area contributed by atoms with Crippen LogP contribution in [0.15, 0.2) is 48.5 Å². The molecule has 114 valence electrons. The Morgan fingerprint density at radius 1 is 1.05 bits per heavy atom. The number of hydrogen-bond donors (Lipinski definition) is 3. The van der Waals surface area contributed by atoms with Crippen LogP contribution in [0.5, 0.6) is 5.75 Å². The first-order chi connectivity index (χ1) is 9.70. The number of aromatic hydroxyl groups is 1. The summed E-state index contributed by atoms with van der Waals surface area (Å²) in [6.07, 6.45) is 0.698. The van der Waals surface area contributed by atoms with E-state index >= 15 is 0 Å². The summed E-state index contributed by atoms with van der Waals surface area (Å²) in [7, 11) is 0.